The first-order valence-corrected chi connectivity index (χ1v) is 18.3. The van der Waals surface area contributed by atoms with Crippen molar-refractivity contribution < 1.29 is 8.83 Å². The maximum atomic E-state index is 6.73. The molecule has 0 spiro atoms. The van der Waals surface area contributed by atoms with Crippen LogP contribution in [0.1, 0.15) is 23.7 Å². The van der Waals surface area contributed by atoms with Gasteiger partial charge in [0.2, 0.25) is 0 Å². The molecule has 0 aliphatic heterocycles. The summed E-state index contributed by atoms with van der Waals surface area (Å²) in [4.78, 5) is 15.5. The maximum Gasteiger partial charge on any atom is 0.164 e. The van der Waals surface area contributed by atoms with Crippen molar-refractivity contribution in [2.45, 2.75) is 12.3 Å². The predicted molar refractivity (Wildman–Crippen MR) is 219 cm³/mol. The summed E-state index contributed by atoms with van der Waals surface area (Å²) in [6, 6.07) is 52.4. The molecule has 11 rings (SSSR count). The lowest BCUT2D eigenvalue weighted by molar-refractivity contribution is 0.668. The molecule has 1 unspecified atom stereocenters. The van der Waals surface area contributed by atoms with Crippen LogP contribution in [-0.4, -0.2) is 15.0 Å². The average Bonchev–Trinajstić information content (AvgIpc) is 3.82. The van der Waals surface area contributed by atoms with Crippen LogP contribution in [0.15, 0.2) is 179 Å². The molecule has 0 bridgehead atoms. The third-order valence-electron chi connectivity index (χ3n) is 10.7. The summed E-state index contributed by atoms with van der Waals surface area (Å²) in [7, 11) is 0. The second kappa shape index (κ2) is 12.2. The van der Waals surface area contributed by atoms with Crippen molar-refractivity contribution in [1.82, 2.24) is 15.0 Å². The average molecular weight is 694 g/mol. The zero-order chi connectivity index (χ0) is 35.6. The summed E-state index contributed by atoms with van der Waals surface area (Å²) in [5.74, 6) is 2.19. The number of aromatic nitrogens is 3. The van der Waals surface area contributed by atoms with Crippen LogP contribution >= 0.6 is 0 Å². The number of nitrogens with zero attached hydrogens (tertiary/aromatic N) is 3. The monoisotopic (exact) mass is 693 g/mol. The molecule has 0 radical (unpaired) electrons. The first-order chi connectivity index (χ1) is 26.7. The molecule has 1 aliphatic carbocycles. The van der Waals surface area contributed by atoms with E-state index in [1.807, 2.05) is 30.3 Å². The van der Waals surface area contributed by atoms with Crippen LogP contribution in [0.2, 0.25) is 0 Å². The number of allylic oxidation sites excluding steroid dienone is 4. The lowest BCUT2D eigenvalue weighted by atomic mass is 9.90. The number of fused-ring (bicyclic) bond motifs is 7. The molecule has 5 heteroatoms. The van der Waals surface area contributed by atoms with Gasteiger partial charge in [-0.3, -0.25) is 0 Å². The van der Waals surface area contributed by atoms with Crippen LogP contribution in [0.4, 0.5) is 0 Å². The van der Waals surface area contributed by atoms with E-state index in [0.29, 0.717) is 23.4 Å². The van der Waals surface area contributed by atoms with Crippen LogP contribution in [-0.2, 0) is 0 Å². The summed E-state index contributed by atoms with van der Waals surface area (Å²) < 4.78 is 12.9. The molecule has 10 aromatic rings. The predicted octanol–water partition coefficient (Wildman–Crippen LogP) is 13.0. The minimum Gasteiger partial charge on any atom is -0.456 e. The lowest BCUT2D eigenvalue weighted by Crippen LogP contribution is -2.05. The van der Waals surface area contributed by atoms with Gasteiger partial charge in [0.1, 0.15) is 22.3 Å². The molecule has 54 heavy (non-hydrogen) atoms. The Morgan fingerprint density at radius 3 is 2.11 bits per heavy atom. The Hall–Kier alpha value is -7.11. The van der Waals surface area contributed by atoms with Crippen molar-refractivity contribution in [3.05, 3.63) is 181 Å². The van der Waals surface area contributed by atoms with Crippen molar-refractivity contribution >= 4 is 60.2 Å². The number of furan rings is 2. The van der Waals surface area contributed by atoms with Crippen LogP contribution in [0.3, 0.4) is 0 Å². The molecular formula is C49H31N3O2. The first kappa shape index (κ1) is 30.5. The van der Waals surface area contributed by atoms with E-state index < -0.39 is 0 Å². The second-order valence-electron chi connectivity index (χ2n) is 13.9. The summed E-state index contributed by atoms with van der Waals surface area (Å²) in [6.07, 6.45) is 7.54. The minimum absolute atomic E-state index is 0.310. The first-order valence-electron chi connectivity index (χ1n) is 18.3. The van der Waals surface area contributed by atoms with Crippen LogP contribution in [0, 0.1) is 0 Å². The molecule has 0 N–H and O–H groups in total. The topological polar surface area (TPSA) is 65.0 Å². The standard InChI is InChI=1S/C49H31N3O2/c1-2-10-30(11-3-1)32-20-23-33(24-21-32)47-50-48(36-25-22-31-12-4-5-13-34(31)28-36)52-49(51-47)40-17-9-19-44-45(40)39-16-8-15-37(46(39)54-44)35-26-27-43-41(29-35)38-14-6-7-18-42(38)53-43/h1-20,22-29,32H,21H2. The van der Waals surface area contributed by atoms with Crippen molar-refractivity contribution in [1.29, 1.82) is 0 Å². The number of para-hydroxylation sites is 2. The van der Waals surface area contributed by atoms with Crippen molar-refractivity contribution in [2.75, 3.05) is 0 Å². The Bertz CT molecular complexity index is 3150. The quantitative estimate of drug-likeness (QED) is 0.179. The van der Waals surface area contributed by atoms with E-state index in [-0.39, 0.29) is 0 Å². The molecular weight excluding hydrogens is 663 g/mol. The van der Waals surface area contributed by atoms with Crippen molar-refractivity contribution in [3.8, 4) is 33.9 Å². The highest BCUT2D eigenvalue weighted by Crippen LogP contribution is 2.42. The zero-order valence-corrected chi connectivity index (χ0v) is 29.1. The Kier molecular flexibility index (Phi) is 6.92. The molecule has 5 nitrogen and oxygen atoms in total. The summed E-state index contributed by atoms with van der Waals surface area (Å²) in [5, 5.41) is 6.47. The van der Waals surface area contributed by atoms with Gasteiger partial charge in [-0.25, -0.2) is 15.0 Å². The minimum atomic E-state index is 0.310. The molecule has 0 saturated carbocycles. The fourth-order valence-corrected chi connectivity index (χ4v) is 7.97. The highest BCUT2D eigenvalue weighted by Gasteiger charge is 2.21. The van der Waals surface area contributed by atoms with E-state index in [0.717, 1.165) is 83.5 Å². The van der Waals surface area contributed by atoms with Crippen LogP contribution < -0.4 is 0 Å². The van der Waals surface area contributed by atoms with Gasteiger partial charge in [0.15, 0.2) is 17.5 Å². The highest BCUT2D eigenvalue weighted by molar-refractivity contribution is 6.15. The molecule has 3 heterocycles. The highest BCUT2D eigenvalue weighted by atomic mass is 16.3. The summed E-state index contributed by atoms with van der Waals surface area (Å²) in [6.45, 7) is 0. The van der Waals surface area contributed by atoms with Crippen LogP contribution in [0.25, 0.3) is 94.1 Å². The normalized spacial score (nSPS) is 14.4. The van der Waals surface area contributed by atoms with Gasteiger partial charge in [-0.05, 0) is 58.7 Å². The fourth-order valence-electron chi connectivity index (χ4n) is 7.97. The number of hydrogen-bond donors (Lipinski definition) is 0. The van der Waals surface area contributed by atoms with Gasteiger partial charge in [0.05, 0.1) is 0 Å². The Morgan fingerprint density at radius 2 is 1.20 bits per heavy atom. The van der Waals surface area contributed by atoms with Gasteiger partial charge in [-0.15, -0.1) is 0 Å². The van der Waals surface area contributed by atoms with Gasteiger partial charge in [0, 0.05) is 49.7 Å². The van der Waals surface area contributed by atoms with E-state index in [9.17, 15) is 0 Å². The molecule has 7 aromatic carbocycles. The van der Waals surface area contributed by atoms with Gasteiger partial charge < -0.3 is 8.83 Å². The Morgan fingerprint density at radius 1 is 0.481 bits per heavy atom. The van der Waals surface area contributed by atoms with Gasteiger partial charge in [-0.2, -0.15) is 0 Å². The molecule has 3 aromatic heterocycles. The zero-order valence-electron chi connectivity index (χ0n) is 29.1. The molecule has 254 valence electrons. The molecule has 1 aliphatic rings. The fraction of sp³-hybridized carbons (Fsp3) is 0.0408. The maximum absolute atomic E-state index is 6.73. The number of rotatable bonds is 5. The Balaban J connectivity index is 1.08. The Labute approximate surface area is 310 Å². The smallest absolute Gasteiger partial charge is 0.164 e. The SMILES string of the molecule is C1=CC(c2ccccc2)CC=C1c1nc(-c2ccc3ccccc3c2)nc(-c2cccc3oc4c(-c5ccc6oc7ccccc7c6c5)cccc4c23)n1. The second-order valence-corrected chi connectivity index (χ2v) is 13.9. The molecule has 1 atom stereocenters. The largest absolute Gasteiger partial charge is 0.456 e. The van der Waals surface area contributed by atoms with E-state index in [4.69, 9.17) is 23.8 Å². The van der Waals surface area contributed by atoms with Crippen molar-refractivity contribution in [2.24, 2.45) is 0 Å². The molecule has 0 amide bonds. The van der Waals surface area contributed by atoms with E-state index in [1.165, 1.54) is 10.9 Å². The third kappa shape index (κ3) is 5.05. The number of benzene rings is 7. The molecule has 0 saturated heterocycles. The van der Waals surface area contributed by atoms with Gasteiger partial charge in [-0.1, -0.05) is 140 Å². The van der Waals surface area contributed by atoms with E-state index in [1.54, 1.807) is 0 Å². The summed E-state index contributed by atoms with van der Waals surface area (Å²) in [5.41, 5.74) is 9.54. The lowest BCUT2D eigenvalue weighted by Gasteiger charge is -2.17. The van der Waals surface area contributed by atoms with Crippen molar-refractivity contribution in [3.63, 3.8) is 0 Å². The van der Waals surface area contributed by atoms with E-state index in [2.05, 4.69) is 140 Å². The third-order valence-corrected chi connectivity index (χ3v) is 10.7. The van der Waals surface area contributed by atoms with Gasteiger partial charge >= 0.3 is 0 Å². The van der Waals surface area contributed by atoms with Crippen LogP contribution in [0.5, 0.6) is 0 Å². The van der Waals surface area contributed by atoms with E-state index >= 15 is 0 Å². The van der Waals surface area contributed by atoms with Gasteiger partial charge in [0.25, 0.3) is 0 Å². The summed E-state index contributed by atoms with van der Waals surface area (Å²) >= 11 is 0. The molecule has 0 fully saturated rings. The number of hydrogen-bond acceptors (Lipinski definition) is 5.